The molecule has 0 saturated carbocycles. The molecule has 1 aliphatic rings. The third-order valence-electron chi connectivity index (χ3n) is 8.37. The molecule has 1 aliphatic heterocycles. The number of hydrogen-bond acceptors (Lipinski definition) is 3. The maximum absolute atomic E-state index is 12.2. The van der Waals surface area contributed by atoms with E-state index < -0.39 is 0 Å². The maximum atomic E-state index is 12.2. The van der Waals surface area contributed by atoms with Crippen molar-refractivity contribution in [1.29, 1.82) is 0 Å². The Morgan fingerprint density at radius 2 is 1.79 bits per heavy atom. The number of benzene rings is 2. The van der Waals surface area contributed by atoms with E-state index in [1.54, 1.807) is 19.0 Å². The maximum Gasteiger partial charge on any atom is 0.253 e. The van der Waals surface area contributed by atoms with Crippen LogP contribution in [0.15, 0.2) is 73.1 Å². The van der Waals surface area contributed by atoms with Crippen molar-refractivity contribution >= 4 is 27.8 Å². The zero-order chi connectivity index (χ0) is 26.4. The summed E-state index contributed by atoms with van der Waals surface area (Å²) in [6.07, 6.45) is 6.16. The number of nitrogens with one attached hydrogen (secondary N) is 1. The summed E-state index contributed by atoms with van der Waals surface area (Å²) in [7, 11) is 5.73. The summed E-state index contributed by atoms with van der Waals surface area (Å²) in [4.78, 5) is 24.5. The molecule has 0 spiro atoms. The van der Waals surface area contributed by atoms with Crippen LogP contribution in [0.2, 0.25) is 0 Å². The normalized spacial score (nSPS) is 15.8. The van der Waals surface area contributed by atoms with Crippen LogP contribution in [0.25, 0.3) is 33.1 Å². The lowest BCUT2D eigenvalue weighted by atomic mass is 9.88. The van der Waals surface area contributed by atoms with Gasteiger partial charge in [-0.1, -0.05) is 18.2 Å². The van der Waals surface area contributed by atoms with Crippen LogP contribution in [-0.2, 0) is 7.05 Å². The average Bonchev–Trinajstić information content (AvgIpc) is 3.56. The van der Waals surface area contributed by atoms with Crippen molar-refractivity contribution in [2.75, 3.05) is 27.2 Å². The SMILES string of the molecule is CC(c1cc2c(-c3ccc4[nH]ccc4c3)ccnc2n1C)N1CCC(c2ccc(C(=O)N(C)C)cc2)CC1. The minimum Gasteiger partial charge on any atom is -0.361 e. The molecular formula is C32H35N5O. The lowest BCUT2D eigenvalue weighted by Gasteiger charge is -2.36. The van der Waals surface area contributed by atoms with Gasteiger partial charge in [0.1, 0.15) is 5.65 Å². The van der Waals surface area contributed by atoms with E-state index in [1.165, 1.54) is 33.2 Å². The van der Waals surface area contributed by atoms with E-state index in [1.807, 2.05) is 24.5 Å². The second kappa shape index (κ2) is 9.76. The van der Waals surface area contributed by atoms with E-state index in [4.69, 9.17) is 4.98 Å². The predicted octanol–water partition coefficient (Wildman–Crippen LogP) is 6.36. The summed E-state index contributed by atoms with van der Waals surface area (Å²) >= 11 is 0. The van der Waals surface area contributed by atoms with Crippen molar-refractivity contribution in [1.82, 2.24) is 24.3 Å². The van der Waals surface area contributed by atoms with Crippen LogP contribution >= 0.6 is 0 Å². The Hall–Kier alpha value is -3.90. The van der Waals surface area contributed by atoms with Gasteiger partial charge < -0.3 is 14.5 Å². The van der Waals surface area contributed by atoms with E-state index in [2.05, 4.69) is 77.0 Å². The minimum atomic E-state index is 0.0535. The van der Waals surface area contributed by atoms with Gasteiger partial charge in [0.25, 0.3) is 5.91 Å². The van der Waals surface area contributed by atoms with Gasteiger partial charge in [-0.15, -0.1) is 0 Å². The molecule has 5 aromatic rings. The Morgan fingerprint density at radius 1 is 1.03 bits per heavy atom. The number of carbonyl (C=O) groups is 1. The number of fused-ring (bicyclic) bond motifs is 2. The first-order valence-corrected chi connectivity index (χ1v) is 13.5. The molecule has 38 heavy (non-hydrogen) atoms. The van der Waals surface area contributed by atoms with Crippen molar-refractivity contribution in [2.45, 2.75) is 31.7 Å². The topological polar surface area (TPSA) is 57.2 Å². The molecule has 1 fully saturated rings. The highest BCUT2D eigenvalue weighted by Gasteiger charge is 2.27. The quantitative estimate of drug-likeness (QED) is 0.302. The minimum absolute atomic E-state index is 0.0535. The van der Waals surface area contributed by atoms with Crippen LogP contribution in [0.3, 0.4) is 0 Å². The highest BCUT2D eigenvalue weighted by molar-refractivity contribution is 5.96. The fraction of sp³-hybridized carbons (Fsp3) is 0.312. The Balaban J connectivity index is 1.20. The molecule has 4 heterocycles. The Kier molecular flexibility index (Phi) is 6.28. The van der Waals surface area contributed by atoms with Crippen molar-refractivity contribution in [2.24, 2.45) is 7.05 Å². The molecule has 3 aromatic heterocycles. The van der Waals surface area contributed by atoms with E-state index in [9.17, 15) is 4.79 Å². The van der Waals surface area contributed by atoms with Crippen LogP contribution in [0.4, 0.5) is 0 Å². The smallest absolute Gasteiger partial charge is 0.253 e. The molecule has 2 aromatic carbocycles. The van der Waals surface area contributed by atoms with Crippen molar-refractivity contribution < 1.29 is 4.79 Å². The van der Waals surface area contributed by atoms with Gasteiger partial charge in [-0.05, 0) is 103 Å². The van der Waals surface area contributed by atoms with Crippen LogP contribution in [0.1, 0.15) is 53.3 Å². The Bertz CT molecular complexity index is 1600. The summed E-state index contributed by atoms with van der Waals surface area (Å²) in [5.41, 5.74) is 8.01. The van der Waals surface area contributed by atoms with Crippen LogP contribution in [0, 0.1) is 0 Å². The molecule has 0 bridgehead atoms. The largest absolute Gasteiger partial charge is 0.361 e. The first-order chi connectivity index (χ1) is 18.4. The molecule has 6 heteroatoms. The molecule has 194 valence electrons. The molecule has 1 atom stereocenters. The second-order valence-corrected chi connectivity index (χ2v) is 10.8. The zero-order valence-corrected chi connectivity index (χ0v) is 22.6. The monoisotopic (exact) mass is 505 g/mol. The van der Waals surface area contributed by atoms with Gasteiger partial charge in [0.05, 0.1) is 0 Å². The van der Waals surface area contributed by atoms with Crippen molar-refractivity contribution in [3.05, 3.63) is 89.9 Å². The van der Waals surface area contributed by atoms with Gasteiger partial charge in [0.15, 0.2) is 0 Å². The number of aromatic nitrogens is 3. The van der Waals surface area contributed by atoms with E-state index >= 15 is 0 Å². The number of rotatable bonds is 5. The molecular weight excluding hydrogens is 470 g/mol. The van der Waals surface area contributed by atoms with Crippen molar-refractivity contribution in [3.63, 3.8) is 0 Å². The lowest BCUT2D eigenvalue weighted by molar-refractivity contribution is 0.0827. The highest BCUT2D eigenvalue weighted by Crippen LogP contribution is 2.36. The highest BCUT2D eigenvalue weighted by atomic mass is 16.2. The van der Waals surface area contributed by atoms with Crippen LogP contribution in [0.5, 0.6) is 0 Å². The van der Waals surface area contributed by atoms with Gasteiger partial charge in [-0.2, -0.15) is 0 Å². The summed E-state index contributed by atoms with van der Waals surface area (Å²) in [5.74, 6) is 0.587. The van der Waals surface area contributed by atoms with Gasteiger partial charge >= 0.3 is 0 Å². The second-order valence-electron chi connectivity index (χ2n) is 10.8. The Morgan fingerprint density at radius 3 is 2.53 bits per heavy atom. The van der Waals surface area contributed by atoms with E-state index in [0.29, 0.717) is 12.0 Å². The number of hydrogen-bond donors (Lipinski definition) is 1. The number of aromatic amines is 1. The number of nitrogens with zero attached hydrogens (tertiary/aromatic N) is 4. The standard InChI is InChI=1S/C32H35N5O/c1-21(37-17-13-23(14-18-37)22-5-7-24(8-6-22)32(38)35(2)3)30-20-28-27(12-16-34-31(28)36(30)4)25-9-10-29-26(19-25)11-15-33-29/h5-12,15-16,19-21,23,33H,13-14,17-18H2,1-4H3. The zero-order valence-electron chi connectivity index (χ0n) is 22.6. The fourth-order valence-electron chi connectivity index (χ4n) is 6.08. The summed E-state index contributed by atoms with van der Waals surface area (Å²) in [6.45, 7) is 4.42. The van der Waals surface area contributed by atoms with E-state index in [0.717, 1.165) is 42.7 Å². The molecule has 1 unspecified atom stereocenters. The third-order valence-corrected chi connectivity index (χ3v) is 8.37. The van der Waals surface area contributed by atoms with Gasteiger partial charge in [-0.3, -0.25) is 9.69 Å². The number of carbonyl (C=O) groups excluding carboxylic acids is 1. The fourth-order valence-corrected chi connectivity index (χ4v) is 6.08. The first-order valence-electron chi connectivity index (χ1n) is 13.5. The third kappa shape index (κ3) is 4.29. The number of aryl methyl sites for hydroxylation is 1. The van der Waals surface area contributed by atoms with E-state index in [-0.39, 0.29) is 5.91 Å². The van der Waals surface area contributed by atoms with Gasteiger partial charge in [0.2, 0.25) is 0 Å². The van der Waals surface area contributed by atoms with Crippen LogP contribution < -0.4 is 0 Å². The molecule has 1 saturated heterocycles. The number of pyridine rings is 1. The lowest BCUT2D eigenvalue weighted by Crippen LogP contribution is -2.35. The molecule has 0 aliphatic carbocycles. The molecule has 6 nitrogen and oxygen atoms in total. The summed E-state index contributed by atoms with van der Waals surface area (Å²) in [6, 6.07) is 21.7. The van der Waals surface area contributed by atoms with Gasteiger partial charge in [-0.25, -0.2) is 4.98 Å². The molecule has 6 rings (SSSR count). The van der Waals surface area contributed by atoms with Gasteiger partial charge in [0, 0.05) is 61.7 Å². The molecule has 1 N–H and O–H groups in total. The number of piperidine rings is 1. The first kappa shape index (κ1) is 24.4. The van der Waals surface area contributed by atoms with Crippen molar-refractivity contribution in [3.8, 4) is 11.1 Å². The van der Waals surface area contributed by atoms with Crippen LogP contribution in [-0.4, -0.2) is 57.4 Å². The molecule has 0 radical (unpaired) electrons. The molecule has 1 amide bonds. The summed E-state index contributed by atoms with van der Waals surface area (Å²) in [5, 5.41) is 2.42. The number of H-pyrrole nitrogens is 1. The predicted molar refractivity (Wildman–Crippen MR) is 154 cm³/mol. The number of amides is 1. The number of likely N-dealkylation sites (tertiary alicyclic amines) is 1. The summed E-state index contributed by atoms with van der Waals surface area (Å²) < 4.78 is 2.27. The average molecular weight is 506 g/mol. The Labute approximate surface area is 223 Å².